The summed E-state index contributed by atoms with van der Waals surface area (Å²) in [6.45, 7) is 8.21. The average Bonchev–Trinajstić information content (AvgIpc) is 2.96. The Morgan fingerprint density at radius 1 is 1.21 bits per heavy atom. The van der Waals surface area contributed by atoms with Crippen molar-refractivity contribution in [2.75, 3.05) is 6.61 Å². The van der Waals surface area contributed by atoms with Crippen molar-refractivity contribution < 1.29 is 9.53 Å². The molecule has 0 aliphatic carbocycles. The van der Waals surface area contributed by atoms with Gasteiger partial charge in [0.25, 0.3) is 5.91 Å². The van der Waals surface area contributed by atoms with Crippen LogP contribution in [0.3, 0.4) is 0 Å². The number of aryl methyl sites for hydroxylation is 2. The van der Waals surface area contributed by atoms with Crippen molar-refractivity contribution in [1.29, 1.82) is 0 Å². The Bertz CT molecular complexity index is 992. The highest BCUT2D eigenvalue weighted by Gasteiger charge is 2.24. The van der Waals surface area contributed by atoms with Crippen molar-refractivity contribution in [3.05, 3.63) is 71.7 Å². The van der Waals surface area contributed by atoms with Gasteiger partial charge in [-0.05, 0) is 106 Å². The lowest BCUT2D eigenvalue weighted by Crippen LogP contribution is -2.19. The van der Waals surface area contributed by atoms with E-state index in [2.05, 4.69) is 68.1 Å². The SMILES string of the molecule is C=CCOc1c(I)cc(/C=C2/SC(=Nc3ccc(C)cc3C)NC2=O)cc1I. The lowest BCUT2D eigenvalue weighted by atomic mass is 10.1. The number of carbonyl (C=O) groups is 1. The predicted molar refractivity (Wildman–Crippen MR) is 134 cm³/mol. The third kappa shape index (κ3) is 5.18. The molecule has 0 spiro atoms. The fraction of sp³-hybridized carbons (Fsp3) is 0.143. The topological polar surface area (TPSA) is 50.7 Å². The number of ether oxygens (including phenoxy) is 1. The van der Waals surface area contributed by atoms with E-state index in [9.17, 15) is 4.79 Å². The maximum absolute atomic E-state index is 12.4. The Hall–Kier alpha value is -1.33. The number of rotatable bonds is 5. The number of aliphatic imine (C=N–C) groups is 1. The van der Waals surface area contributed by atoms with Crippen molar-refractivity contribution in [3.8, 4) is 5.75 Å². The Morgan fingerprint density at radius 3 is 2.57 bits per heavy atom. The fourth-order valence-corrected chi connectivity index (χ4v) is 5.58. The first kappa shape index (κ1) is 21.4. The van der Waals surface area contributed by atoms with Crippen LogP contribution >= 0.6 is 56.9 Å². The van der Waals surface area contributed by atoms with Crippen LogP contribution in [0, 0.1) is 21.0 Å². The number of hydrogen-bond acceptors (Lipinski definition) is 4. The Kier molecular flexibility index (Phi) is 7.21. The molecule has 0 aromatic heterocycles. The molecule has 144 valence electrons. The molecule has 1 heterocycles. The van der Waals surface area contributed by atoms with Crippen LogP contribution in [0.4, 0.5) is 5.69 Å². The Morgan fingerprint density at radius 2 is 1.93 bits per heavy atom. The second-order valence-electron chi connectivity index (χ2n) is 6.19. The van der Waals surface area contributed by atoms with Gasteiger partial charge < -0.3 is 10.1 Å². The number of nitrogens with zero attached hydrogens (tertiary/aromatic N) is 1. The van der Waals surface area contributed by atoms with Crippen LogP contribution in [0.1, 0.15) is 16.7 Å². The van der Waals surface area contributed by atoms with Crippen LogP contribution in [-0.2, 0) is 4.79 Å². The molecule has 0 unspecified atom stereocenters. The smallest absolute Gasteiger partial charge is 0.264 e. The fourth-order valence-electron chi connectivity index (χ4n) is 2.62. The molecule has 1 N–H and O–H groups in total. The molecule has 1 aliphatic rings. The number of halogens is 2. The van der Waals surface area contributed by atoms with Crippen molar-refractivity contribution in [3.63, 3.8) is 0 Å². The summed E-state index contributed by atoms with van der Waals surface area (Å²) in [4.78, 5) is 17.6. The summed E-state index contributed by atoms with van der Waals surface area (Å²) in [5.74, 6) is 0.703. The van der Waals surface area contributed by atoms with Gasteiger partial charge in [0.1, 0.15) is 12.4 Å². The van der Waals surface area contributed by atoms with Gasteiger partial charge in [-0.3, -0.25) is 4.79 Å². The monoisotopic (exact) mass is 616 g/mol. The van der Waals surface area contributed by atoms with Crippen LogP contribution in [-0.4, -0.2) is 17.7 Å². The van der Waals surface area contributed by atoms with E-state index in [1.165, 1.54) is 17.3 Å². The van der Waals surface area contributed by atoms with Gasteiger partial charge in [-0.15, -0.1) is 0 Å². The van der Waals surface area contributed by atoms with E-state index in [1.807, 2.05) is 44.2 Å². The van der Waals surface area contributed by atoms with Crippen molar-refractivity contribution in [1.82, 2.24) is 5.32 Å². The van der Waals surface area contributed by atoms with Gasteiger partial charge >= 0.3 is 0 Å². The standard InChI is InChI=1S/C21H18I2N2O2S/c1-4-7-27-19-15(22)9-14(10-16(19)23)11-18-20(26)25-21(28-18)24-17-6-5-12(2)8-13(17)3/h4-6,8-11H,1,7H2,2-3H3,(H,24,25,26)/b18-11+. The maximum atomic E-state index is 12.4. The first-order chi connectivity index (χ1) is 13.4. The van der Waals surface area contributed by atoms with Crippen molar-refractivity contribution >= 4 is 79.8 Å². The van der Waals surface area contributed by atoms with Crippen molar-refractivity contribution in [2.45, 2.75) is 13.8 Å². The summed E-state index contributed by atoms with van der Waals surface area (Å²) < 4.78 is 7.69. The molecule has 1 aliphatic heterocycles. The number of amides is 1. The third-order valence-electron chi connectivity index (χ3n) is 3.89. The Labute approximate surface area is 196 Å². The molecular formula is C21H18I2N2O2S. The van der Waals surface area contributed by atoms with Gasteiger partial charge in [0.15, 0.2) is 5.17 Å². The summed E-state index contributed by atoms with van der Waals surface area (Å²) in [6, 6.07) is 10.1. The van der Waals surface area contributed by atoms with Crippen LogP contribution in [0.25, 0.3) is 6.08 Å². The second kappa shape index (κ2) is 9.45. The summed E-state index contributed by atoms with van der Waals surface area (Å²) in [6.07, 6.45) is 3.60. The lowest BCUT2D eigenvalue weighted by molar-refractivity contribution is -0.115. The minimum atomic E-state index is -0.134. The van der Waals surface area contributed by atoms with Gasteiger partial charge in [-0.2, -0.15) is 0 Å². The zero-order valence-corrected chi connectivity index (χ0v) is 20.5. The molecule has 0 saturated carbocycles. The average molecular weight is 616 g/mol. The van der Waals surface area contributed by atoms with E-state index >= 15 is 0 Å². The van der Waals surface area contributed by atoms with Crippen LogP contribution in [0.15, 0.2) is 52.9 Å². The summed E-state index contributed by atoms with van der Waals surface area (Å²) in [7, 11) is 0. The van der Waals surface area contributed by atoms with Crippen LogP contribution in [0.2, 0.25) is 0 Å². The third-order valence-corrected chi connectivity index (χ3v) is 6.40. The van der Waals surface area contributed by atoms with Gasteiger partial charge in [0, 0.05) is 0 Å². The van der Waals surface area contributed by atoms with E-state index in [1.54, 1.807) is 6.08 Å². The summed E-state index contributed by atoms with van der Waals surface area (Å²) in [5.41, 5.74) is 4.08. The minimum Gasteiger partial charge on any atom is -0.487 e. The highest BCUT2D eigenvalue weighted by molar-refractivity contribution is 14.1. The molecule has 3 rings (SSSR count). The normalized spacial score (nSPS) is 16.5. The molecule has 1 fully saturated rings. The van der Waals surface area contributed by atoms with E-state index in [4.69, 9.17) is 4.74 Å². The first-order valence-corrected chi connectivity index (χ1v) is 11.4. The first-order valence-electron chi connectivity index (χ1n) is 8.47. The van der Waals surface area contributed by atoms with Gasteiger partial charge in [0.2, 0.25) is 0 Å². The summed E-state index contributed by atoms with van der Waals surface area (Å²) >= 11 is 5.84. The molecule has 4 nitrogen and oxygen atoms in total. The van der Waals surface area contributed by atoms with E-state index < -0.39 is 0 Å². The molecule has 28 heavy (non-hydrogen) atoms. The number of benzene rings is 2. The lowest BCUT2D eigenvalue weighted by Gasteiger charge is -2.09. The molecule has 1 saturated heterocycles. The zero-order valence-electron chi connectivity index (χ0n) is 15.4. The molecule has 2 aromatic carbocycles. The van der Waals surface area contributed by atoms with Crippen LogP contribution in [0.5, 0.6) is 5.75 Å². The molecule has 1 amide bonds. The number of carbonyl (C=O) groups excluding carboxylic acids is 1. The van der Waals surface area contributed by atoms with E-state index in [0.717, 1.165) is 29.7 Å². The number of nitrogens with one attached hydrogen (secondary N) is 1. The van der Waals surface area contributed by atoms with E-state index in [-0.39, 0.29) is 5.91 Å². The molecule has 0 atom stereocenters. The number of hydrogen-bond donors (Lipinski definition) is 1. The largest absolute Gasteiger partial charge is 0.487 e. The van der Waals surface area contributed by atoms with E-state index in [0.29, 0.717) is 16.7 Å². The highest BCUT2D eigenvalue weighted by atomic mass is 127. The number of amidine groups is 1. The second-order valence-corrected chi connectivity index (χ2v) is 9.54. The molecular weight excluding hydrogens is 598 g/mol. The van der Waals surface area contributed by atoms with Gasteiger partial charge in [0.05, 0.1) is 17.7 Å². The quantitative estimate of drug-likeness (QED) is 0.256. The number of thioether (sulfide) groups is 1. The summed E-state index contributed by atoms with van der Waals surface area (Å²) in [5, 5.41) is 3.45. The van der Waals surface area contributed by atoms with Gasteiger partial charge in [-0.25, -0.2) is 4.99 Å². The maximum Gasteiger partial charge on any atom is 0.264 e. The van der Waals surface area contributed by atoms with Crippen LogP contribution < -0.4 is 10.1 Å². The molecule has 0 bridgehead atoms. The van der Waals surface area contributed by atoms with Gasteiger partial charge in [-0.1, -0.05) is 30.4 Å². The zero-order chi connectivity index (χ0) is 20.3. The molecule has 2 aromatic rings. The highest BCUT2D eigenvalue weighted by Crippen LogP contribution is 2.33. The predicted octanol–water partition coefficient (Wildman–Crippen LogP) is 5.97. The Balaban J connectivity index is 1.84. The minimum absolute atomic E-state index is 0.134. The van der Waals surface area contributed by atoms with Crippen molar-refractivity contribution in [2.24, 2.45) is 4.99 Å². The molecule has 7 heteroatoms. The molecule has 0 radical (unpaired) electrons.